The van der Waals surface area contributed by atoms with Gasteiger partial charge in [-0.1, -0.05) is 0 Å². The van der Waals surface area contributed by atoms with Crippen LogP contribution in [0.2, 0.25) is 0 Å². The van der Waals surface area contributed by atoms with Crippen LogP contribution in [0.1, 0.15) is 0 Å². The van der Waals surface area contributed by atoms with Gasteiger partial charge in [0.15, 0.2) is 11.6 Å². The zero-order valence-corrected chi connectivity index (χ0v) is 5.94. The number of phenols is 1. The highest BCUT2D eigenvalue weighted by molar-refractivity contribution is 5.81. The number of aromatic hydroxyl groups is 1. The van der Waals surface area contributed by atoms with Crippen molar-refractivity contribution in [3.63, 3.8) is 0 Å². The lowest BCUT2D eigenvalue weighted by Crippen LogP contribution is -1.85. The Bertz CT molecular complexity index is 436. The summed E-state index contributed by atoms with van der Waals surface area (Å²) in [6.45, 7) is 0. The van der Waals surface area contributed by atoms with E-state index in [1.807, 2.05) is 0 Å². The van der Waals surface area contributed by atoms with E-state index >= 15 is 0 Å². The predicted molar refractivity (Wildman–Crippen MR) is 39.9 cm³/mol. The molecule has 0 aliphatic rings. The van der Waals surface area contributed by atoms with Gasteiger partial charge in [-0.3, -0.25) is 0 Å². The van der Waals surface area contributed by atoms with Crippen molar-refractivity contribution in [2.45, 2.75) is 0 Å². The SMILES string of the molecule is Oc1cc2cc[nH]c2c(F)c1F. The summed E-state index contributed by atoms with van der Waals surface area (Å²) in [6.07, 6.45) is 1.48. The maximum atomic E-state index is 12.9. The van der Waals surface area contributed by atoms with Crippen molar-refractivity contribution in [1.82, 2.24) is 4.98 Å². The van der Waals surface area contributed by atoms with Crippen molar-refractivity contribution in [2.24, 2.45) is 0 Å². The van der Waals surface area contributed by atoms with Crippen molar-refractivity contribution in [3.8, 4) is 5.75 Å². The minimum absolute atomic E-state index is 0.0744. The van der Waals surface area contributed by atoms with Gasteiger partial charge in [0, 0.05) is 11.6 Å². The molecule has 4 heteroatoms. The van der Waals surface area contributed by atoms with E-state index < -0.39 is 17.4 Å². The molecule has 2 rings (SSSR count). The molecule has 0 spiro atoms. The summed E-state index contributed by atoms with van der Waals surface area (Å²) in [5.41, 5.74) is 0.0744. The molecule has 1 aromatic carbocycles. The Kier molecular flexibility index (Phi) is 1.30. The first-order valence-corrected chi connectivity index (χ1v) is 3.34. The lowest BCUT2D eigenvalue weighted by atomic mass is 10.2. The molecule has 0 aliphatic carbocycles. The topological polar surface area (TPSA) is 36.0 Å². The van der Waals surface area contributed by atoms with E-state index in [0.29, 0.717) is 5.39 Å². The standard InChI is InChI=1S/C8H5F2NO/c9-6-5(12)3-4-1-2-11-8(4)7(6)10/h1-3,11-12H. The second kappa shape index (κ2) is 2.20. The number of halogens is 2. The molecule has 12 heavy (non-hydrogen) atoms. The van der Waals surface area contributed by atoms with Crippen LogP contribution in [0.5, 0.6) is 5.75 Å². The number of nitrogens with one attached hydrogen (secondary N) is 1. The van der Waals surface area contributed by atoms with E-state index in [2.05, 4.69) is 4.98 Å². The number of H-pyrrole nitrogens is 1. The van der Waals surface area contributed by atoms with E-state index in [-0.39, 0.29) is 5.52 Å². The first-order chi connectivity index (χ1) is 5.70. The van der Waals surface area contributed by atoms with Crippen molar-refractivity contribution in [1.29, 1.82) is 0 Å². The summed E-state index contributed by atoms with van der Waals surface area (Å²) in [5, 5.41) is 9.34. The number of hydrogen-bond donors (Lipinski definition) is 2. The molecule has 0 saturated carbocycles. The van der Waals surface area contributed by atoms with Gasteiger partial charge in [-0.05, 0) is 12.1 Å². The molecule has 2 aromatic rings. The Balaban J connectivity index is 2.94. The van der Waals surface area contributed by atoms with Crippen LogP contribution in [0.25, 0.3) is 10.9 Å². The van der Waals surface area contributed by atoms with Crippen molar-refractivity contribution < 1.29 is 13.9 Å². The zero-order valence-electron chi connectivity index (χ0n) is 5.94. The normalized spacial score (nSPS) is 10.8. The predicted octanol–water partition coefficient (Wildman–Crippen LogP) is 2.15. The van der Waals surface area contributed by atoms with Crippen LogP contribution in [-0.2, 0) is 0 Å². The first-order valence-electron chi connectivity index (χ1n) is 3.34. The lowest BCUT2D eigenvalue weighted by molar-refractivity contribution is 0.410. The quantitative estimate of drug-likeness (QED) is 0.622. The van der Waals surface area contributed by atoms with Gasteiger partial charge in [-0.2, -0.15) is 4.39 Å². The first kappa shape index (κ1) is 7.09. The molecule has 2 N–H and O–H groups in total. The molecule has 0 amide bonds. The third kappa shape index (κ3) is 0.777. The van der Waals surface area contributed by atoms with Gasteiger partial charge in [0.25, 0.3) is 0 Å². The molecule has 1 aromatic heterocycles. The average Bonchev–Trinajstić information content (AvgIpc) is 2.48. The maximum Gasteiger partial charge on any atom is 0.202 e. The molecular formula is C8H5F2NO. The number of aromatic amines is 1. The molecule has 0 atom stereocenters. The van der Waals surface area contributed by atoms with Gasteiger partial charge < -0.3 is 10.1 Å². The van der Waals surface area contributed by atoms with E-state index in [9.17, 15) is 8.78 Å². The highest BCUT2D eigenvalue weighted by Crippen LogP contribution is 2.26. The minimum atomic E-state index is -1.22. The molecule has 62 valence electrons. The Morgan fingerprint density at radius 1 is 1.25 bits per heavy atom. The van der Waals surface area contributed by atoms with Crippen molar-refractivity contribution >= 4 is 10.9 Å². The summed E-state index contributed by atoms with van der Waals surface area (Å²) in [6, 6.07) is 2.72. The van der Waals surface area contributed by atoms with Gasteiger partial charge in [-0.25, -0.2) is 4.39 Å². The van der Waals surface area contributed by atoms with Gasteiger partial charge in [0.1, 0.15) is 0 Å². The van der Waals surface area contributed by atoms with Crippen LogP contribution in [-0.4, -0.2) is 10.1 Å². The van der Waals surface area contributed by atoms with Gasteiger partial charge >= 0.3 is 0 Å². The number of rotatable bonds is 0. The molecule has 0 bridgehead atoms. The van der Waals surface area contributed by atoms with Crippen LogP contribution in [0.3, 0.4) is 0 Å². The fourth-order valence-corrected chi connectivity index (χ4v) is 1.12. The van der Waals surface area contributed by atoms with E-state index in [4.69, 9.17) is 5.11 Å². The van der Waals surface area contributed by atoms with Crippen LogP contribution in [0.15, 0.2) is 18.3 Å². The third-order valence-electron chi connectivity index (χ3n) is 1.71. The van der Waals surface area contributed by atoms with Crippen molar-refractivity contribution in [3.05, 3.63) is 30.0 Å². The molecule has 1 heterocycles. The maximum absolute atomic E-state index is 12.9. The Morgan fingerprint density at radius 3 is 2.75 bits per heavy atom. The number of fused-ring (bicyclic) bond motifs is 1. The second-order valence-electron chi connectivity index (χ2n) is 2.47. The summed E-state index contributed by atoms with van der Waals surface area (Å²) in [7, 11) is 0. The van der Waals surface area contributed by atoms with Crippen LogP contribution >= 0.6 is 0 Å². The highest BCUT2D eigenvalue weighted by atomic mass is 19.2. The summed E-state index contributed by atoms with van der Waals surface area (Å²) < 4.78 is 25.6. The fraction of sp³-hybridized carbons (Fsp3) is 0. The molecule has 0 saturated heterocycles. The smallest absolute Gasteiger partial charge is 0.202 e. The van der Waals surface area contributed by atoms with Gasteiger partial charge in [-0.15, -0.1) is 0 Å². The molecule has 2 nitrogen and oxygen atoms in total. The van der Waals surface area contributed by atoms with E-state index in [1.165, 1.54) is 12.3 Å². The highest BCUT2D eigenvalue weighted by Gasteiger charge is 2.12. The molecule has 0 aliphatic heterocycles. The molecular weight excluding hydrogens is 164 g/mol. The fourth-order valence-electron chi connectivity index (χ4n) is 1.12. The number of phenolic OH excluding ortho intramolecular Hbond substituents is 1. The van der Waals surface area contributed by atoms with Crippen molar-refractivity contribution in [2.75, 3.05) is 0 Å². The number of benzene rings is 1. The Morgan fingerprint density at radius 2 is 2.00 bits per heavy atom. The second-order valence-corrected chi connectivity index (χ2v) is 2.47. The zero-order chi connectivity index (χ0) is 8.72. The third-order valence-corrected chi connectivity index (χ3v) is 1.71. The summed E-state index contributed by atoms with van der Waals surface area (Å²) in [5.74, 6) is -2.93. The van der Waals surface area contributed by atoms with E-state index in [1.54, 1.807) is 6.07 Å². The van der Waals surface area contributed by atoms with Crippen LogP contribution in [0.4, 0.5) is 8.78 Å². The largest absolute Gasteiger partial charge is 0.505 e. The van der Waals surface area contributed by atoms with E-state index in [0.717, 1.165) is 0 Å². The average molecular weight is 169 g/mol. The monoisotopic (exact) mass is 169 g/mol. The molecule has 0 fully saturated rings. The van der Waals surface area contributed by atoms with Gasteiger partial charge in [0.2, 0.25) is 5.82 Å². The van der Waals surface area contributed by atoms with Crippen LogP contribution < -0.4 is 0 Å². The van der Waals surface area contributed by atoms with Crippen LogP contribution in [0, 0.1) is 11.6 Å². The number of aromatic nitrogens is 1. The summed E-state index contributed by atoms with van der Waals surface area (Å²) in [4.78, 5) is 2.53. The Hall–Kier alpha value is -1.58. The van der Waals surface area contributed by atoms with Gasteiger partial charge in [0.05, 0.1) is 5.52 Å². The summed E-state index contributed by atoms with van der Waals surface area (Å²) >= 11 is 0. The molecule has 0 radical (unpaired) electrons. The Labute approximate surface area is 66.4 Å². The minimum Gasteiger partial charge on any atom is -0.505 e. The lowest BCUT2D eigenvalue weighted by Gasteiger charge is -1.97. The number of hydrogen-bond acceptors (Lipinski definition) is 1. The molecule has 0 unspecified atom stereocenters.